The summed E-state index contributed by atoms with van der Waals surface area (Å²) < 4.78 is 42.6. The van der Waals surface area contributed by atoms with Gasteiger partial charge < -0.3 is 14.8 Å². The molecule has 0 saturated carbocycles. The van der Waals surface area contributed by atoms with Gasteiger partial charge in [0.15, 0.2) is 5.82 Å². The Balaban J connectivity index is 1.66. The Bertz CT molecular complexity index is 1510. The fraction of sp³-hybridized carbons (Fsp3) is 0.154. The lowest BCUT2D eigenvalue weighted by Gasteiger charge is -2.19. The van der Waals surface area contributed by atoms with E-state index in [1.807, 2.05) is 24.3 Å². The molecule has 0 unspecified atom stereocenters. The minimum atomic E-state index is -4.59. The molecule has 3 aromatic carbocycles. The summed E-state index contributed by atoms with van der Waals surface area (Å²) in [6, 6.07) is 15.8. The number of carbonyl (C=O) groups excluding carboxylic acids is 2. The molecule has 2 amide bonds. The average Bonchev–Trinajstić information content (AvgIpc) is 3.45. The van der Waals surface area contributed by atoms with Crippen molar-refractivity contribution in [2.24, 2.45) is 7.05 Å². The van der Waals surface area contributed by atoms with Gasteiger partial charge in [0.2, 0.25) is 0 Å². The van der Waals surface area contributed by atoms with Crippen LogP contribution in [0.5, 0.6) is 0 Å². The average molecular weight is 491 g/mol. The van der Waals surface area contributed by atoms with Gasteiger partial charge in [-0.05, 0) is 47.0 Å². The van der Waals surface area contributed by atoms with Crippen LogP contribution in [0.25, 0.3) is 22.5 Å². The Morgan fingerprint density at radius 2 is 1.72 bits per heavy atom. The summed E-state index contributed by atoms with van der Waals surface area (Å²) in [6.07, 6.45) is -3.03. The molecule has 1 N–H and O–H groups in total. The number of amides is 2. The third kappa shape index (κ3) is 3.90. The molecular formula is C26H20F3N5O2. The third-order valence-electron chi connectivity index (χ3n) is 6.18. The Kier molecular flexibility index (Phi) is 5.58. The second-order valence-corrected chi connectivity index (χ2v) is 8.38. The second kappa shape index (κ2) is 8.63. The molecule has 0 saturated heterocycles. The number of hydrogen-bond donors (Lipinski definition) is 1. The largest absolute Gasteiger partial charge is 0.416 e. The first-order chi connectivity index (χ1) is 17.2. The van der Waals surface area contributed by atoms with E-state index in [2.05, 4.69) is 15.5 Å². The van der Waals surface area contributed by atoms with Crippen LogP contribution in [0, 0.1) is 0 Å². The maximum Gasteiger partial charge on any atom is 0.416 e. The van der Waals surface area contributed by atoms with Crippen LogP contribution in [-0.2, 0) is 19.8 Å². The van der Waals surface area contributed by atoms with E-state index in [-0.39, 0.29) is 23.2 Å². The molecule has 5 rings (SSSR count). The van der Waals surface area contributed by atoms with Gasteiger partial charge in [-0.3, -0.25) is 9.59 Å². The SMILES string of the molecule is CNC(=O)c1cc(-c2ccccc2-c2nncn2C)cc(N2Cc3c(cccc3C(F)(F)F)C2=O)c1. The Morgan fingerprint density at radius 1 is 1.00 bits per heavy atom. The number of fused-ring (bicyclic) bond motifs is 1. The van der Waals surface area contributed by atoms with Gasteiger partial charge in [-0.2, -0.15) is 13.2 Å². The van der Waals surface area contributed by atoms with Crippen molar-refractivity contribution in [3.8, 4) is 22.5 Å². The molecule has 7 nitrogen and oxygen atoms in total. The van der Waals surface area contributed by atoms with Crippen LogP contribution in [0.2, 0.25) is 0 Å². The fourth-order valence-corrected chi connectivity index (χ4v) is 4.46. The molecule has 0 bridgehead atoms. The van der Waals surface area contributed by atoms with Crippen molar-refractivity contribution in [2.45, 2.75) is 12.7 Å². The molecule has 0 spiro atoms. The lowest BCUT2D eigenvalue weighted by Crippen LogP contribution is -2.24. The molecule has 182 valence electrons. The lowest BCUT2D eigenvalue weighted by molar-refractivity contribution is -0.138. The molecule has 0 fully saturated rings. The van der Waals surface area contributed by atoms with Crippen molar-refractivity contribution in [1.82, 2.24) is 20.1 Å². The standard InChI is InChI=1S/C26H20F3N5O2/c1-30-24(35)16-10-15(18-6-3-4-7-19(18)23-32-31-14-33(23)2)11-17(12-16)34-13-21-20(25(34)36)8-5-9-22(21)26(27,28)29/h3-12,14H,13H2,1-2H3,(H,30,35). The smallest absolute Gasteiger partial charge is 0.355 e. The Hall–Kier alpha value is -4.47. The van der Waals surface area contributed by atoms with Crippen molar-refractivity contribution in [3.05, 3.63) is 89.2 Å². The summed E-state index contributed by atoms with van der Waals surface area (Å²) in [6.45, 7) is -0.259. The number of halogens is 3. The highest BCUT2D eigenvalue weighted by Gasteiger charge is 2.39. The van der Waals surface area contributed by atoms with E-state index in [1.54, 1.807) is 30.1 Å². The number of carbonyl (C=O) groups is 2. The number of benzene rings is 3. The van der Waals surface area contributed by atoms with E-state index in [4.69, 9.17) is 0 Å². The number of aromatic nitrogens is 3. The maximum atomic E-state index is 13.6. The molecule has 0 radical (unpaired) electrons. The van der Waals surface area contributed by atoms with Crippen LogP contribution in [0.4, 0.5) is 18.9 Å². The lowest BCUT2D eigenvalue weighted by atomic mass is 9.96. The normalized spacial score (nSPS) is 13.1. The van der Waals surface area contributed by atoms with Crippen LogP contribution in [0.1, 0.15) is 31.8 Å². The minimum Gasteiger partial charge on any atom is -0.355 e. The molecule has 1 aliphatic rings. The molecular weight excluding hydrogens is 471 g/mol. The number of rotatable bonds is 4. The molecule has 2 heterocycles. The van der Waals surface area contributed by atoms with Crippen molar-refractivity contribution in [2.75, 3.05) is 11.9 Å². The van der Waals surface area contributed by atoms with Crippen molar-refractivity contribution < 1.29 is 22.8 Å². The van der Waals surface area contributed by atoms with Gasteiger partial charge >= 0.3 is 6.18 Å². The molecule has 1 aliphatic heterocycles. The highest BCUT2D eigenvalue weighted by molar-refractivity contribution is 6.11. The van der Waals surface area contributed by atoms with Crippen LogP contribution in [-0.4, -0.2) is 33.6 Å². The second-order valence-electron chi connectivity index (χ2n) is 8.38. The quantitative estimate of drug-likeness (QED) is 0.449. The van der Waals surface area contributed by atoms with E-state index < -0.39 is 23.6 Å². The first-order valence-electron chi connectivity index (χ1n) is 11.0. The topological polar surface area (TPSA) is 80.1 Å². The number of hydrogen-bond acceptors (Lipinski definition) is 4. The fourth-order valence-electron chi connectivity index (χ4n) is 4.46. The van der Waals surface area contributed by atoms with Crippen molar-refractivity contribution in [3.63, 3.8) is 0 Å². The van der Waals surface area contributed by atoms with E-state index in [1.165, 1.54) is 30.1 Å². The number of alkyl halides is 3. The summed E-state index contributed by atoms with van der Waals surface area (Å²) in [4.78, 5) is 27.1. The predicted octanol–water partition coefficient (Wildman–Crippen LogP) is 4.69. The van der Waals surface area contributed by atoms with Crippen LogP contribution < -0.4 is 10.2 Å². The predicted molar refractivity (Wildman–Crippen MR) is 127 cm³/mol. The third-order valence-corrected chi connectivity index (χ3v) is 6.18. The van der Waals surface area contributed by atoms with Gasteiger partial charge in [-0.1, -0.05) is 30.3 Å². The summed E-state index contributed by atoms with van der Waals surface area (Å²) in [5.74, 6) is -0.357. The van der Waals surface area contributed by atoms with Crippen molar-refractivity contribution in [1.29, 1.82) is 0 Å². The number of anilines is 1. The van der Waals surface area contributed by atoms with Gasteiger partial charge in [0.25, 0.3) is 11.8 Å². The van der Waals surface area contributed by atoms with Crippen LogP contribution in [0.3, 0.4) is 0 Å². The van der Waals surface area contributed by atoms with Gasteiger partial charge in [-0.25, -0.2) is 0 Å². The molecule has 10 heteroatoms. The van der Waals surface area contributed by atoms with Gasteiger partial charge in [0.1, 0.15) is 6.33 Å². The van der Waals surface area contributed by atoms with E-state index >= 15 is 0 Å². The first kappa shape index (κ1) is 23.3. The zero-order valence-corrected chi connectivity index (χ0v) is 19.3. The summed E-state index contributed by atoms with van der Waals surface area (Å²) in [5, 5.41) is 10.7. The summed E-state index contributed by atoms with van der Waals surface area (Å²) in [5.41, 5.74) is 1.72. The molecule has 36 heavy (non-hydrogen) atoms. The summed E-state index contributed by atoms with van der Waals surface area (Å²) in [7, 11) is 3.28. The highest BCUT2D eigenvalue weighted by Crippen LogP contribution is 2.40. The number of nitrogens with one attached hydrogen (secondary N) is 1. The molecule has 0 atom stereocenters. The Labute approximate surface area is 204 Å². The monoisotopic (exact) mass is 491 g/mol. The van der Waals surface area contributed by atoms with E-state index in [0.29, 0.717) is 17.1 Å². The zero-order valence-electron chi connectivity index (χ0n) is 19.3. The van der Waals surface area contributed by atoms with Gasteiger partial charge in [0, 0.05) is 36.5 Å². The highest BCUT2D eigenvalue weighted by atomic mass is 19.4. The number of nitrogens with zero attached hydrogens (tertiary/aromatic N) is 4. The maximum absolute atomic E-state index is 13.6. The molecule has 4 aromatic rings. The summed E-state index contributed by atoms with van der Waals surface area (Å²) >= 11 is 0. The van der Waals surface area contributed by atoms with Crippen LogP contribution in [0.15, 0.2) is 67.0 Å². The van der Waals surface area contributed by atoms with Gasteiger partial charge in [-0.15, -0.1) is 10.2 Å². The molecule has 0 aliphatic carbocycles. The van der Waals surface area contributed by atoms with Gasteiger partial charge in [0.05, 0.1) is 12.1 Å². The number of aryl methyl sites for hydroxylation is 1. The van der Waals surface area contributed by atoms with Crippen molar-refractivity contribution >= 4 is 17.5 Å². The van der Waals surface area contributed by atoms with E-state index in [9.17, 15) is 22.8 Å². The van der Waals surface area contributed by atoms with Crippen LogP contribution >= 0.6 is 0 Å². The minimum absolute atomic E-state index is 0.00351. The zero-order chi connectivity index (χ0) is 25.6. The Morgan fingerprint density at radius 3 is 2.39 bits per heavy atom. The molecule has 1 aromatic heterocycles. The first-order valence-corrected chi connectivity index (χ1v) is 11.0. The van der Waals surface area contributed by atoms with E-state index in [0.717, 1.165) is 17.2 Å².